The Labute approximate surface area is 102 Å². The molecule has 0 aliphatic carbocycles. The van der Waals surface area contributed by atoms with Crippen LogP contribution >= 0.6 is 0 Å². The van der Waals surface area contributed by atoms with E-state index in [1.807, 2.05) is 44.2 Å². The molecule has 0 saturated heterocycles. The van der Waals surface area contributed by atoms with E-state index in [4.69, 9.17) is 15.2 Å². The van der Waals surface area contributed by atoms with Gasteiger partial charge in [0.2, 0.25) is 0 Å². The average molecular weight is 237 g/mol. The Morgan fingerprint density at radius 3 is 2.47 bits per heavy atom. The molecule has 2 N–H and O–H groups in total. The van der Waals surface area contributed by atoms with Gasteiger partial charge in [0.15, 0.2) is 0 Å². The van der Waals surface area contributed by atoms with E-state index in [9.17, 15) is 4.79 Å². The van der Waals surface area contributed by atoms with Gasteiger partial charge in [-0.1, -0.05) is 32.0 Å². The summed E-state index contributed by atoms with van der Waals surface area (Å²) in [6.07, 6.45) is 0. The van der Waals surface area contributed by atoms with E-state index in [1.54, 1.807) is 0 Å². The van der Waals surface area contributed by atoms with Crippen LogP contribution in [-0.2, 0) is 9.53 Å². The second-order valence-electron chi connectivity index (χ2n) is 4.10. The van der Waals surface area contributed by atoms with Crippen molar-refractivity contribution in [3.63, 3.8) is 0 Å². The number of ether oxygens (including phenoxy) is 2. The molecule has 0 saturated carbocycles. The summed E-state index contributed by atoms with van der Waals surface area (Å²) in [6.45, 7) is 4.31. The van der Waals surface area contributed by atoms with Crippen LogP contribution in [0.15, 0.2) is 30.3 Å². The maximum Gasteiger partial charge on any atom is 0.323 e. The van der Waals surface area contributed by atoms with Gasteiger partial charge < -0.3 is 15.2 Å². The van der Waals surface area contributed by atoms with Gasteiger partial charge in [0.1, 0.15) is 25.0 Å². The Morgan fingerprint density at radius 2 is 1.88 bits per heavy atom. The smallest absolute Gasteiger partial charge is 0.323 e. The molecule has 0 unspecified atom stereocenters. The summed E-state index contributed by atoms with van der Waals surface area (Å²) in [6, 6.07) is 8.82. The van der Waals surface area contributed by atoms with Crippen LogP contribution in [0.1, 0.15) is 13.8 Å². The first-order valence-corrected chi connectivity index (χ1v) is 5.71. The number of nitrogens with two attached hydrogens (primary N) is 1. The van der Waals surface area contributed by atoms with Gasteiger partial charge in [0.05, 0.1) is 0 Å². The third-order valence-corrected chi connectivity index (χ3v) is 2.33. The fourth-order valence-corrected chi connectivity index (χ4v) is 1.19. The van der Waals surface area contributed by atoms with Crippen molar-refractivity contribution < 1.29 is 14.3 Å². The van der Waals surface area contributed by atoms with Gasteiger partial charge in [-0.3, -0.25) is 4.79 Å². The number of rotatable bonds is 6. The molecule has 0 amide bonds. The lowest BCUT2D eigenvalue weighted by atomic mass is 10.1. The van der Waals surface area contributed by atoms with Crippen LogP contribution in [0.2, 0.25) is 0 Å². The van der Waals surface area contributed by atoms with Crippen LogP contribution in [-0.4, -0.2) is 25.2 Å². The fourth-order valence-electron chi connectivity index (χ4n) is 1.19. The maximum absolute atomic E-state index is 11.4. The highest BCUT2D eigenvalue weighted by molar-refractivity contribution is 5.75. The molecule has 0 aliphatic heterocycles. The number of benzene rings is 1. The first-order valence-electron chi connectivity index (χ1n) is 5.71. The SMILES string of the molecule is CC(C)[C@H](N)C(=O)OCCOc1ccccc1. The summed E-state index contributed by atoms with van der Waals surface area (Å²) in [4.78, 5) is 11.4. The average Bonchev–Trinajstić information content (AvgIpc) is 2.34. The fraction of sp³-hybridized carbons (Fsp3) is 0.462. The van der Waals surface area contributed by atoms with Crippen molar-refractivity contribution in [1.29, 1.82) is 0 Å². The van der Waals surface area contributed by atoms with E-state index in [-0.39, 0.29) is 18.5 Å². The third-order valence-electron chi connectivity index (χ3n) is 2.33. The van der Waals surface area contributed by atoms with Crippen LogP contribution in [0, 0.1) is 5.92 Å². The monoisotopic (exact) mass is 237 g/mol. The van der Waals surface area contributed by atoms with Crippen molar-refractivity contribution in [2.45, 2.75) is 19.9 Å². The van der Waals surface area contributed by atoms with Crippen LogP contribution in [0.5, 0.6) is 5.75 Å². The Morgan fingerprint density at radius 1 is 1.24 bits per heavy atom. The molecule has 0 radical (unpaired) electrons. The summed E-state index contributed by atoms with van der Waals surface area (Å²) in [5.74, 6) is 0.464. The number of carbonyl (C=O) groups is 1. The number of hydrogen-bond donors (Lipinski definition) is 1. The van der Waals surface area contributed by atoms with Crippen LogP contribution in [0.25, 0.3) is 0 Å². The lowest BCUT2D eigenvalue weighted by molar-refractivity contribution is -0.147. The van der Waals surface area contributed by atoms with E-state index >= 15 is 0 Å². The maximum atomic E-state index is 11.4. The molecule has 0 aliphatic rings. The van der Waals surface area contributed by atoms with Gasteiger partial charge >= 0.3 is 5.97 Å². The molecule has 1 aromatic carbocycles. The molecule has 0 aromatic heterocycles. The lowest BCUT2D eigenvalue weighted by Gasteiger charge is -2.14. The predicted molar refractivity (Wildman–Crippen MR) is 65.7 cm³/mol. The normalized spacial score (nSPS) is 12.2. The molecule has 94 valence electrons. The topological polar surface area (TPSA) is 61.6 Å². The quantitative estimate of drug-likeness (QED) is 0.603. The lowest BCUT2D eigenvalue weighted by Crippen LogP contribution is -2.37. The molecule has 1 rings (SSSR count). The van der Waals surface area contributed by atoms with Crippen LogP contribution in [0.4, 0.5) is 0 Å². The zero-order valence-corrected chi connectivity index (χ0v) is 10.3. The first kappa shape index (κ1) is 13.5. The van der Waals surface area contributed by atoms with Crippen molar-refractivity contribution in [3.05, 3.63) is 30.3 Å². The van der Waals surface area contributed by atoms with E-state index in [0.717, 1.165) is 5.75 Å². The molecule has 4 nitrogen and oxygen atoms in total. The number of carbonyl (C=O) groups excluding carboxylic acids is 1. The third kappa shape index (κ3) is 4.87. The van der Waals surface area contributed by atoms with E-state index in [0.29, 0.717) is 6.61 Å². The first-order chi connectivity index (χ1) is 8.11. The highest BCUT2D eigenvalue weighted by Crippen LogP contribution is 2.07. The standard InChI is InChI=1S/C13H19NO3/c1-10(2)12(14)13(15)17-9-8-16-11-6-4-3-5-7-11/h3-7,10,12H,8-9,14H2,1-2H3/t12-/m0/s1. The van der Waals surface area contributed by atoms with Gasteiger partial charge in [0.25, 0.3) is 0 Å². The summed E-state index contributed by atoms with van der Waals surface area (Å²) in [5, 5.41) is 0. The van der Waals surface area contributed by atoms with Crippen molar-refractivity contribution in [2.24, 2.45) is 11.7 Å². The van der Waals surface area contributed by atoms with E-state index < -0.39 is 6.04 Å². The highest BCUT2D eigenvalue weighted by atomic mass is 16.6. The van der Waals surface area contributed by atoms with E-state index in [1.165, 1.54) is 0 Å². The number of hydrogen-bond acceptors (Lipinski definition) is 4. The molecule has 0 heterocycles. The van der Waals surface area contributed by atoms with Crippen molar-refractivity contribution >= 4 is 5.97 Å². The van der Waals surface area contributed by atoms with Gasteiger partial charge in [-0.05, 0) is 18.1 Å². The molecule has 0 spiro atoms. The van der Waals surface area contributed by atoms with Gasteiger partial charge in [0, 0.05) is 0 Å². The zero-order valence-electron chi connectivity index (χ0n) is 10.3. The molecule has 1 aromatic rings. The molecular formula is C13H19NO3. The Bertz CT molecular complexity index is 338. The number of esters is 1. The van der Waals surface area contributed by atoms with Gasteiger partial charge in [-0.25, -0.2) is 0 Å². The summed E-state index contributed by atoms with van der Waals surface area (Å²) < 4.78 is 10.4. The molecule has 0 bridgehead atoms. The Hall–Kier alpha value is -1.55. The molecule has 1 atom stereocenters. The molecule has 0 fully saturated rings. The Balaban J connectivity index is 2.18. The molecule has 4 heteroatoms. The second kappa shape index (κ2) is 6.91. The zero-order chi connectivity index (χ0) is 12.7. The molecular weight excluding hydrogens is 218 g/mol. The summed E-state index contributed by atoms with van der Waals surface area (Å²) in [5.41, 5.74) is 5.64. The minimum Gasteiger partial charge on any atom is -0.490 e. The Kier molecular flexibility index (Phi) is 5.49. The second-order valence-corrected chi connectivity index (χ2v) is 4.10. The van der Waals surface area contributed by atoms with Gasteiger partial charge in [-0.2, -0.15) is 0 Å². The minimum absolute atomic E-state index is 0.0811. The van der Waals surface area contributed by atoms with Crippen molar-refractivity contribution in [2.75, 3.05) is 13.2 Å². The molecule has 17 heavy (non-hydrogen) atoms. The minimum atomic E-state index is -0.563. The highest BCUT2D eigenvalue weighted by Gasteiger charge is 2.18. The van der Waals surface area contributed by atoms with E-state index in [2.05, 4.69) is 0 Å². The summed E-state index contributed by atoms with van der Waals surface area (Å²) in [7, 11) is 0. The van der Waals surface area contributed by atoms with Crippen LogP contribution < -0.4 is 10.5 Å². The summed E-state index contributed by atoms with van der Waals surface area (Å²) >= 11 is 0. The van der Waals surface area contributed by atoms with Crippen molar-refractivity contribution in [1.82, 2.24) is 0 Å². The van der Waals surface area contributed by atoms with Gasteiger partial charge in [-0.15, -0.1) is 0 Å². The largest absolute Gasteiger partial charge is 0.490 e. The number of para-hydroxylation sites is 1. The van der Waals surface area contributed by atoms with Crippen LogP contribution in [0.3, 0.4) is 0 Å². The van der Waals surface area contributed by atoms with Crippen molar-refractivity contribution in [3.8, 4) is 5.75 Å². The predicted octanol–water partition coefficient (Wildman–Crippen LogP) is 1.59.